The average molecular weight is 684 g/mol. The number of halogens is 4. The van der Waals surface area contributed by atoms with E-state index in [2.05, 4.69) is 26.1 Å². The summed E-state index contributed by atoms with van der Waals surface area (Å²) < 4.78 is 42.4. The van der Waals surface area contributed by atoms with Gasteiger partial charge in [-0.3, -0.25) is 19.4 Å². The zero-order valence-corrected chi connectivity index (χ0v) is 28.6. The Hall–Kier alpha value is -3.44. The first-order chi connectivity index (χ1) is 23.0. The first-order valence-corrected chi connectivity index (χ1v) is 17.1. The zero-order valence-electron chi connectivity index (χ0n) is 27.8. The molecule has 0 bridgehead atoms. The summed E-state index contributed by atoms with van der Waals surface area (Å²) in [6, 6.07) is 19.8. The van der Waals surface area contributed by atoms with Gasteiger partial charge in [0.15, 0.2) is 0 Å². The highest BCUT2D eigenvalue weighted by atomic mass is 35.5. The second kappa shape index (κ2) is 15.8. The number of fused-ring (bicyclic) bond motifs is 1. The van der Waals surface area contributed by atoms with Crippen molar-refractivity contribution in [1.29, 1.82) is 0 Å². The number of piperazine rings is 1. The summed E-state index contributed by atoms with van der Waals surface area (Å²) in [5, 5.41) is 3.63. The molecule has 0 radical (unpaired) electrons. The quantitative estimate of drug-likeness (QED) is 0.247. The van der Waals surface area contributed by atoms with Crippen molar-refractivity contribution in [2.75, 3.05) is 52.9 Å². The van der Waals surface area contributed by atoms with Crippen molar-refractivity contribution < 1.29 is 22.8 Å². The molecule has 1 fully saturated rings. The van der Waals surface area contributed by atoms with E-state index in [-0.39, 0.29) is 29.8 Å². The lowest BCUT2D eigenvalue weighted by Gasteiger charge is -2.42. The van der Waals surface area contributed by atoms with Crippen LogP contribution in [0, 0.1) is 0 Å². The molecule has 1 N–H and O–H groups in total. The van der Waals surface area contributed by atoms with Crippen molar-refractivity contribution >= 4 is 23.4 Å². The van der Waals surface area contributed by atoms with Crippen molar-refractivity contribution in [3.05, 3.63) is 106 Å². The van der Waals surface area contributed by atoms with E-state index in [0.717, 1.165) is 23.7 Å². The molecule has 7 nitrogen and oxygen atoms in total. The monoisotopic (exact) mass is 683 g/mol. The second-order valence-electron chi connectivity index (χ2n) is 12.7. The molecule has 2 amide bonds. The van der Waals surface area contributed by atoms with E-state index >= 15 is 0 Å². The fourth-order valence-corrected chi connectivity index (χ4v) is 7.15. The molecule has 3 atom stereocenters. The molecule has 2 aliphatic rings. The van der Waals surface area contributed by atoms with Crippen molar-refractivity contribution in [2.24, 2.45) is 0 Å². The smallest absolute Gasteiger partial charge is 0.344 e. The van der Waals surface area contributed by atoms with Crippen LogP contribution in [0.15, 0.2) is 72.8 Å². The molecule has 2 heterocycles. The third kappa shape index (κ3) is 8.58. The number of benzene rings is 3. The molecule has 0 saturated carbocycles. The van der Waals surface area contributed by atoms with Gasteiger partial charge in [0, 0.05) is 69.2 Å². The number of nitrogens with one attached hydrogen (secondary N) is 1. The number of carbonyl (C=O) groups is 2. The predicted molar refractivity (Wildman–Crippen MR) is 182 cm³/mol. The minimum Gasteiger partial charge on any atom is -0.344 e. The molecule has 2 aliphatic heterocycles. The zero-order chi connectivity index (χ0) is 34.4. The number of carbonyl (C=O) groups excluding carboxylic acids is 2. The van der Waals surface area contributed by atoms with E-state index in [9.17, 15) is 22.8 Å². The minimum absolute atomic E-state index is 0.0849. The van der Waals surface area contributed by atoms with E-state index < -0.39 is 23.8 Å². The van der Waals surface area contributed by atoms with Gasteiger partial charge in [-0.15, -0.1) is 0 Å². The van der Waals surface area contributed by atoms with Gasteiger partial charge in [-0.05, 0) is 60.6 Å². The van der Waals surface area contributed by atoms with Gasteiger partial charge in [-0.25, -0.2) is 0 Å². The molecule has 11 heteroatoms. The van der Waals surface area contributed by atoms with Gasteiger partial charge in [-0.2, -0.15) is 13.2 Å². The Morgan fingerprint density at radius 2 is 1.58 bits per heavy atom. The van der Waals surface area contributed by atoms with E-state index in [4.69, 9.17) is 11.6 Å². The Bertz CT molecular complexity index is 1540. The first-order valence-electron chi connectivity index (χ1n) is 16.7. The van der Waals surface area contributed by atoms with Crippen LogP contribution in [0.25, 0.3) is 0 Å². The summed E-state index contributed by atoms with van der Waals surface area (Å²) in [5.74, 6) is -0.411. The maximum Gasteiger partial charge on any atom is 0.416 e. The standard InChI is InChI=1S/C37H45ClF3N5O2/c1-4-44(5-2)25-34(30-12-8-9-13-31(30)37(39,40)41)45-18-20-46(21-19-45)36(48)32(22-26-14-16-28(38)17-15-26)42-35(47)23-33-29-11-7-6-10-27(29)24-43(33)3/h6-17,32-34H,4-5,18-25H2,1-3H3,(H,42,47)/t32-,33?,34?/m1/s1. The van der Waals surface area contributed by atoms with Gasteiger partial charge in [0.2, 0.25) is 11.8 Å². The molecule has 5 rings (SSSR count). The third-order valence-corrected chi connectivity index (χ3v) is 10.0. The van der Waals surface area contributed by atoms with Crippen LogP contribution in [0.4, 0.5) is 13.2 Å². The van der Waals surface area contributed by atoms with Crippen molar-refractivity contribution in [3.63, 3.8) is 0 Å². The number of nitrogens with zero attached hydrogens (tertiary/aromatic N) is 4. The fraction of sp³-hybridized carbons (Fsp3) is 0.459. The largest absolute Gasteiger partial charge is 0.416 e. The lowest BCUT2D eigenvalue weighted by molar-refractivity contribution is -0.139. The van der Waals surface area contributed by atoms with Crippen LogP contribution in [-0.2, 0) is 28.7 Å². The molecule has 0 spiro atoms. The Morgan fingerprint density at radius 1 is 0.938 bits per heavy atom. The maximum atomic E-state index is 14.1. The topological polar surface area (TPSA) is 59.1 Å². The fourth-order valence-electron chi connectivity index (χ4n) is 7.03. The predicted octanol–water partition coefficient (Wildman–Crippen LogP) is 6.19. The van der Waals surface area contributed by atoms with E-state index in [1.807, 2.05) is 51.2 Å². The van der Waals surface area contributed by atoms with Crippen molar-refractivity contribution in [3.8, 4) is 0 Å². The highest BCUT2D eigenvalue weighted by Crippen LogP contribution is 2.37. The molecule has 2 unspecified atom stereocenters. The molecule has 0 aliphatic carbocycles. The Labute approximate surface area is 286 Å². The van der Waals surface area contributed by atoms with Gasteiger partial charge in [0.25, 0.3) is 0 Å². The lowest BCUT2D eigenvalue weighted by atomic mass is 9.97. The maximum absolute atomic E-state index is 14.1. The van der Waals surface area contributed by atoms with Crippen molar-refractivity contribution in [2.45, 2.75) is 57.5 Å². The average Bonchev–Trinajstić information content (AvgIpc) is 3.39. The number of amides is 2. The van der Waals surface area contributed by atoms with Gasteiger partial charge in [0.05, 0.1) is 5.56 Å². The molecule has 3 aromatic rings. The second-order valence-corrected chi connectivity index (χ2v) is 13.2. The Kier molecular flexibility index (Phi) is 11.8. The van der Waals surface area contributed by atoms with Crippen molar-refractivity contribution in [1.82, 2.24) is 24.9 Å². The number of likely N-dealkylation sites (N-methyl/N-ethyl adjacent to an activating group) is 1. The van der Waals surface area contributed by atoms with Crippen LogP contribution in [0.5, 0.6) is 0 Å². The summed E-state index contributed by atoms with van der Waals surface area (Å²) in [6.07, 6.45) is -3.96. The third-order valence-electron chi connectivity index (χ3n) is 9.75. The molecular weight excluding hydrogens is 639 g/mol. The van der Waals surface area contributed by atoms with Gasteiger partial charge in [-0.1, -0.05) is 80.0 Å². The first kappa shape index (κ1) is 35.9. The normalized spacial score (nSPS) is 18.5. The van der Waals surface area contributed by atoms with Crippen LogP contribution in [0.1, 0.15) is 60.2 Å². The Morgan fingerprint density at radius 3 is 2.25 bits per heavy atom. The molecule has 48 heavy (non-hydrogen) atoms. The van der Waals surface area contributed by atoms with Gasteiger partial charge >= 0.3 is 6.18 Å². The van der Waals surface area contributed by atoms with Gasteiger partial charge < -0.3 is 15.1 Å². The summed E-state index contributed by atoms with van der Waals surface area (Å²) in [7, 11) is 1.99. The number of rotatable bonds is 12. The van der Waals surface area contributed by atoms with Crippen LogP contribution >= 0.6 is 11.6 Å². The summed E-state index contributed by atoms with van der Waals surface area (Å²) >= 11 is 6.12. The van der Waals surface area contributed by atoms with Crippen LogP contribution in [0.3, 0.4) is 0 Å². The summed E-state index contributed by atoms with van der Waals surface area (Å²) in [5.41, 5.74) is 2.81. The van der Waals surface area contributed by atoms with E-state index in [1.165, 1.54) is 11.6 Å². The molecule has 3 aromatic carbocycles. The highest BCUT2D eigenvalue weighted by molar-refractivity contribution is 6.30. The lowest BCUT2D eigenvalue weighted by Crippen LogP contribution is -2.56. The van der Waals surface area contributed by atoms with Crippen LogP contribution in [-0.4, -0.2) is 90.3 Å². The molecule has 0 aromatic heterocycles. The SMILES string of the molecule is CCN(CC)CC(c1ccccc1C(F)(F)F)N1CCN(C(=O)[C@@H](Cc2ccc(Cl)cc2)NC(=O)CC2c3ccccc3CN2C)CC1. The molecular formula is C37H45ClF3N5O2. The number of hydrogen-bond donors (Lipinski definition) is 1. The van der Waals surface area contributed by atoms with Crippen LogP contribution < -0.4 is 5.32 Å². The summed E-state index contributed by atoms with van der Waals surface area (Å²) in [6.45, 7) is 8.15. The highest BCUT2D eigenvalue weighted by Gasteiger charge is 2.38. The van der Waals surface area contributed by atoms with Gasteiger partial charge in [0.1, 0.15) is 6.04 Å². The number of hydrogen-bond acceptors (Lipinski definition) is 5. The van der Waals surface area contributed by atoms with Crippen LogP contribution in [0.2, 0.25) is 5.02 Å². The Balaban J connectivity index is 1.32. The van der Waals surface area contributed by atoms with E-state index in [0.29, 0.717) is 57.3 Å². The number of alkyl halides is 3. The summed E-state index contributed by atoms with van der Waals surface area (Å²) in [4.78, 5) is 35.7. The molecule has 258 valence electrons. The minimum atomic E-state index is -4.47. The van der Waals surface area contributed by atoms with E-state index in [1.54, 1.807) is 29.2 Å². The molecule has 1 saturated heterocycles.